The molecule has 0 aliphatic heterocycles. The third-order valence-electron chi connectivity index (χ3n) is 4.20. The first kappa shape index (κ1) is 18.5. The fourth-order valence-electron chi connectivity index (χ4n) is 2.79. The number of thiazole rings is 1. The number of aromatic nitrogens is 3. The van der Waals surface area contributed by atoms with Gasteiger partial charge in [-0.3, -0.25) is 9.48 Å². The summed E-state index contributed by atoms with van der Waals surface area (Å²) in [6.07, 6.45) is 1.70. The standard InChI is InChI=1S/C18H18ClFN4OS/c1-11-17(12(2)23(3)22-11)18(25)24(10-16-21-6-7-26-16)9-13-4-5-14(20)8-15(13)19/h4-8H,9-10H2,1-3H3. The summed E-state index contributed by atoms with van der Waals surface area (Å²) in [7, 11) is 1.81. The van der Waals surface area contributed by atoms with Crippen LogP contribution in [-0.2, 0) is 20.1 Å². The predicted octanol–water partition coefficient (Wildman–Crippen LogP) is 4.13. The van der Waals surface area contributed by atoms with Crippen LogP contribution in [0.4, 0.5) is 4.39 Å². The summed E-state index contributed by atoms with van der Waals surface area (Å²) in [5.74, 6) is -0.556. The van der Waals surface area contributed by atoms with Crippen molar-refractivity contribution in [2.45, 2.75) is 26.9 Å². The van der Waals surface area contributed by atoms with Crippen molar-refractivity contribution in [1.29, 1.82) is 0 Å². The lowest BCUT2D eigenvalue weighted by atomic mass is 10.1. The van der Waals surface area contributed by atoms with Gasteiger partial charge in [0.15, 0.2) is 0 Å². The predicted molar refractivity (Wildman–Crippen MR) is 99.8 cm³/mol. The summed E-state index contributed by atoms with van der Waals surface area (Å²) < 4.78 is 15.0. The Hall–Kier alpha value is -2.25. The largest absolute Gasteiger partial charge is 0.327 e. The number of carbonyl (C=O) groups is 1. The van der Waals surface area contributed by atoms with Crippen molar-refractivity contribution in [2.24, 2.45) is 7.05 Å². The molecule has 0 atom stereocenters. The van der Waals surface area contributed by atoms with Gasteiger partial charge in [-0.25, -0.2) is 9.37 Å². The van der Waals surface area contributed by atoms with Gasteiger partial charge in [-0.1, -0.05) is 17.7 Å². The molecule has 5 nitrogen and oxygen atoms in total. The van der Waals surface area contributed by atoms with E-state index >= 15 is 0 Å². The smallest absolute Gasteiger partial charge is 0.258 e. The molecule has 0 saturated carbocycles. The van der Waals surface area contributed by atoms with E-state index in [0.717, 1.165) is 10.7 Å². The average molecular weight is 393 g/mol. The minimum absolute atomic E-state index is 0.149. The zero-order chi connectivity index (χ0) is 18.8. The number of hydrogen-bond donors (Lipinski definition) is 0. The fraction of sp³-hybridized carbons (Fsp3) is 0.278. The van der Waals surface area contributed by atoms with Gasteiger partial charge in [0.2, 0.25) is 0 Å². The third kappa shape index (κ3) is 3.78. The van der Waals surface area contributed by atoms with Crippen molar-refractivity contribution in [3.05, 3.63) is 68.1 Å². The van der Waals surface area contributed by atoms with E-state index in [0.29, 0.717) is 28.4 Å². The Kier molecular flexibility index (Phi) is 5.38. The molecule has 2 heterocycles. The minimum atomic E-state index is -0.407. The first-order valence-corrected chi connectivity index (χ1v) is 9.24. The summed E-state index contributed by atoms with van der Waals surface area (Å²) in [6, 6.07) is 4.19. The van der Waals surface area contributed by atoms with Crippen LogP contribution >= 0.6 is 22.9 Å². The molecular formula is C18H18ClFN4OS. The summed E-state index contributed by atoms with van der Waals surface area (Å²) >= 11 is 7.64. The molecule has 3 aromatic rings. The Morgan fingerprint density at radius 1 is 1.35 bits per heavy atom. The Bertz CT molecular complexity index is 939. The molecular weight excluding hydrogens is 375 g/mol. The second-order valence-corrected chi connectivity index (χ2v) is 7.38. The van der Waals surface area contributed by atoms with Gasteiger partial charge in [-0.05, 0) is 31.5 Å². The molecule has 0 N–H and O–H groups in total. The highest BCUT2D eigenvalue weighted by Crippen LogP contribution is 2.23. The van der Waals surface area contributed by atoms with E-state index in [4.69, 9.17) is 11.6 Å². The third-order valence-corrected chi connectivity index (χ3v) is 5.31. The zero-order valence-corrected chi connectivity index (χ0v) is 16.2. The first-order valence-electron chi connectivity index (χ1n) is 7.98. The molecule has 3 rings (SSSR count). The fourth-order valence-corrected chi connectivity index (χ4v) is 3.65. The number of nitrogens with zero attached hydrogens (tertiary/aromatic N) is 4. The van der Waals surface area contributed by atoms with Crippen LogP contribution in [0.25, 0.3) is 0 Å². The first-order chi connectivity index (χ1) is 12.4. The Morgan fingerprint density at radius 2 is 2.12 bits per heavy atom. The summed E-state index contributed by atoms with van der Waals surface area (Å²) in [4.78, 5) is 19.2. The number of amides is 1. The molecule has 1 amide bonds. The van der Waals surface area contributed by atoms with Crippen molar-refractivity contribution in [2.75, 3.05) is 0 Å². The SMILES string of the molecule is Cc1nn(C)c(C)c1C(=O)N(Cc1nccs1)Cc1ccc(F)cc1Cl. The Balaban J connectivity index is 1.96. The molecule has 0 fully saturated rings. The van der Waals surface area contributed by atoms with Crippen molar-refractivity contribution in [3.8, 4) is 0 Å². The number of halogens is 2. The molecule has 0 aliphatic carbocycles. The van der Waals surface area contributed by atoms with E-state index in [2.05, 4.69) is 10.1 Å². The van der Waals surface area contributed by atoms with Crippen molar-refractivity contribution >= 4 is 28.8 Å². The molecule has 0 aliphatic rings. The lowest BCUT2D eigenvalue weighted by Gasteiger charge is -2.23. The van der Waals surface area contributed by atoms with Crippen molar-refractivity contribution in [1.82, 2.24) is 19.7 Å². The van der Waals surface area contributed by atoms with E-state index in [1.165, 1.54) is 23.5 Å². The van der Waals surface area contributed by atoms with Gasteiger partial charge < -0.3 is 4.90 Å². The molecule has 8 heteroatoms. The normalized spacial score (nSPS) is 11.0. The highest BCUT2D eigenvalue weighted by Gasteiger charge is 2.24. The Morgan fingerprint density at radius 3 is 2.69 bits per heavy atom. The highest BCUT2D eigenvalue weighted by molar-refractivity contribution is 7.09. The minimum Gasteiger partial charge on any atom is -0.327 e. The van der Waals surface area contributed by atoms with Crippen LogP contribution in [0.2, 0.25) is 5.02 Å². The molecule has 1 aromatic carbocycles. The van der Waals surface area contributed by atoms with Gasteiger partial charge in [-0.2, -0.15) is 5.10 Å². The second-order valence-electron chi connectivity index (χ2n) is 5.99. The number of aryl methyl sites for hydroxylation is 2. The van der Waals surface area contributed by atoms with Gasteiger partial charge in [0.05, 0.1) is 17.8 Å². The van der Waals surface area contributed by atoms with E-state index < -0.39 is 5.82 Å². The van der Waals surface area contributed by atoms with Gasteiger partial charge >= 0.3 is 0 Å². The monoisotopic (exact) mass is 392 g/mol. The van der Waals surface area contributed by atoms with E-state index in [9.17, 15) is 9.18 Å². The maximum atomic E-state index is 13.3. The molecule has 0 spiro atoms. The average Bonchev–Trinajstić information content (AvgIpc) is 3.17. The molecule has 0 bridgehead atoms. The molecule has 0 radical (unpaired) electrons. The maximum absolute atomic E-state index is 13.3. The Labute approximate surface area is 160 Å². The van der Waals surface area contributed by atoms with Crippen molar-refractivity contribution < 1.29 is 9.18 Å². The molecule has 136 valence electrons. The van der Waals surface area contributed by atoms with Crippen LogP contribution in [0.1, 0.15) is 32.3 Å². The maximum Gasteiger partial charge on any atom is 0.258 e. The second kappa shape index (κ2) is 7.55. The lowest BCUT2D eigenvalue weighted by Crippen LogP contribution is -2.31. The van der Waals surface area contributed by atoms with Crippen LogP contribution in [0, 0.1) is 19.7 Å². The highest BCUT2D eigenvalue weighted by atomic mass is 35.5. The summed E-state index contributed by atoms with van der Waals surface area (Å²) in [5.41, 5.74) is 2.71. The van der Waals surface area contributed by atoms with Gasteiger partial charge in [-0.15, -0.1) is 11.3 Å². The van der Waals surface area contributed by atoms with Crippen LogP contribution in [-0.4, -0.2) is 25.6 Å². The van der Waals surface area contributed by atoms with E-state index in [1.54, 1.807) is 28.9 Å². The molecule has 2 aromatic heterocycles. The van der Waals surface area contributed by atoms with Crippen LogP contribution in [0.5, 0.6) is 0 Å². The van der Waals surface area contributed by atoms with Crippen LogP contribution in [0.15, 0.2) is 29.8 Å². The van der Waals surface area contributed by atoms with Gasteiger partial charge in [0, 0.05) is 35.9 Å². The lowest BCUT2D eigenvalue weighted by molar-refractivity contribution is 0.0728. The number of hydrogen-bond acceptors (Lipinski definition) is 4. The topological polar surface area (TPSA) is 51.0 Å². The van der Waals surface area contributed by atoms with E-state index in [1.807, 2.05) is 19.2 Å². The quantitative estimate of drug-likeness (QED) is 0.656. The zero-order valence-electron chi connectivity index (χ0n) is 14.7. The number of rotatable bonds is 5. The molecule has 26 heavy (non-hydrogen) atoms. The molecule has 0 unspecified atom stereocenters. The summed E-state index contributed by atoms with van der Waals surface area (Å²) in [5, 5.41) is 7.30. The van der Waals surface area contributed by atoms with Gasteiger partial charge in [0.25, 0.3) is 5.91 Å². The van der Waals surface area contributed by atoms with Crippen LogP contribution in [0.3, 0.4) is 0 Å². The van der Waals surface area contributed by atoms with Crippen LogP contribution < -0.4 is 0 Å². The van der Waals surface area contributed by atoms with E-state index in [-0.39, 0.29) is 12.5 Å². The van der Waals surface area contributed by atoms with Crippen molar-refractivity contribution in [3.63, 3.8) is 0 Å². The summed E-state index contributed by atoms with van der Waals surface area (Å²) in [6.45, 7) is 4.27. The molecule has 0 saturated heterocycles. The number of benzene rings is 1. The number of carbonyl (C=O) groups excluding carboxylic acids is 1. The van der Waals surface area contributed by atoms with Gasteiger partial charge in [0.1, 0.15) is 10.8 Å².